The molecule has 0 amide bonds. The lowest BCUT2D eigenvalue weighted by atomic mass is 9.95. The summed E-state index contributed by atoms with van der Waals surface area (Å²) in [6.07, 6.45) is -2.58. The molecule has 17 heavy (non-hydrogen) atoms. The number of aliphatic carboxylic acids is 1. The third-order valence-electron chi connectivity index (χ3n) is 2.93. The molecule has 1 aromatic rings. The summed E-state index contributed by atoms with van der Waals surface area (Å²) in [6.45, 7) is 0.387. The second-order valence-electron chi connectivity index (χ2n) is 3.99. The summed E-state index contributed by atoms with van der Waals surface area (Å²) in [5.74, 6) is -1.50. The molecule has 1 aliphatic rings. The molecule has 0 spiro atoms. The van der Waals surface area contributed by atoms with E-state index in [9.17, 15) is 13.6 Å². The molecule has 2 atom stereocenters. The lowest BCUT2D eigenvalue weighted by molar-refractivity contribution is -0.143. The van der Waals surface area contributed by atoms with Crippen LogP contribution in [0.25, 0.3) is 0 Å². The fourth-order valence-electron chi connectivity index (χ4n) is 2.00. The second-order valence-corrected chi connectivity index (χ2v) is 3.99. The second kappa shape index (κ2) is 4.79. The van der Waals surface area contributed by atoms with Crippen LogP contribution < -0.4 is 0 Å². The van der Waals surface area contributed by atoms with Gasteiger partial charge in [0.25, 0.3) is 6.43 Å². The van der Waals surface area contributed by atoms with Crippen LogP contribution in [0, 0.1) is 5.92 Å². The fourth-order valence-corrected chi connectivity index (χ4v) is 2.00. The minimum absolute atomic E-state index is 0.0707. The van der Waals surface area contributed by atoms with Crippen LogP contribution in [0.2, 0.25) is 0 Å². The molecule has 0 radical (unpaired) electrons. The highest BCUT2D eigenvalue weighted by molar-refractivity contribution is 5.71. The summed E-state index contributed by atoms with van der Waals surface area (Å²) >= 11 is 0. The monoisotopic (exact) mass is 242 g/mol. The summed E-state index contributed by atoms with van der Waals surface area (Å²) in [4.78, 5) is 11.0. The van der Waals surface area contributed by atoms with Crippen LogP contribution in [0.3, 0.4) is 0 Å². The molecule has 92 valence electrons. The Kier molecular flexibility index (Phi) is 3.38. The standard InChI is InChI=1S/C12H12F2O3/c13-11(14)8-3-1-7(2-4-8)10-9(12(15)16)5-6-17-10/h1-4,9-11H,5-6H2,(H,15,16). The SMILES string of the molecule is O=C(O)C1CCOC1c1ccc(C(F)F)cc1. The molecule has 3 nitrogen and oxygen atoms in total. The molecule has 1 fully saturated rings. The van der Waals surface area contributed by atoms with E-state index in [0.717, 1.165) is 0 Å². The predicted molar refractivity (Wildman–Crippen MR) is 55.8 cm³/mol. The number of rotatable bonds is 3. The van der Waals surface area contributed by atoms with Crippen LogP contribution in [0.15, 0.2) is 24.3 Å². The van der Waals surface area contributed by atoms with Crippen molar-refractivity contribution in [3.8, 4) is 0 Å². The van der Waals surface area contributed by atoms with E-state index in [4.69, 9.17) is 9.84 Å². The summed E-state index contributed by atoms with van der Waals surface area (Å²) in [6, 6.07) is 5.63. The molecule has 2 unspecified atom stereocenters. The van der Waals surface area contributed by atoms with Gasteiger partial charge in [0.2, 0.25) is 0 Å². The van der Waals surface area contributed by atoms with Crippen LogP contribution in [0.1, 0.15) is 30.1 Å². The molecule has 1 aromatic carbocycles. The highest BCUT2D eigenvalue weighted by Crippen LogP contribution is 2.35. The van der Waals surface area contributed by atoms with E-state index >= 15 is 0 Å². The lowest BCUT2D eigenvalue weighted by Gasteiger charge is -2.15. The van der Waals surface area contributed by atoms with Crippen LogP contribution in [0.4, 0.5) is 8.78 Å². The third kappa shape index (κ3) is 2.44. The molecular formula is C12H12F2O3. The first-order valence-electron chi connectivity index (χ1n) is 5.32. The Balaban J connectivity index is 2.19. The number of carbonyl (C=O) groups is 1. The van der Waals surface area contributed by atoms with Crippen molar-refractivity contribution in [2.75, 3.05) is 6.61 Å². The van der Waals surface area contributed by atoms with Gasteiger partial charge < -0.3 is 9.84 Å². The van der Waals surface area contributed by atoms with Gasteiger partial charge in [-0.1, -0.05) is 24.3 Å². The maximum atomic E-state index is 12.4. The molecular weight excluding hydrogens is 230 g/mol. The Morgan fingerprint density at radius 3 is 2.53 bits per heavy atom. The van der Waals surface area contributed by atoms with Crippen molar-refractivity contribution in [1.29, 1.82) is 0 Å². The number of hydrogen-bond donors (Lipinski definition) is 1. The number of halogens is 2. The first kappa shape index (κ1) is 12.0. The summed E-state index contributed by atoms with van der Waals surface area (Å²) in [5, 5.41) is 8.99. The predicted octanol–water partition coefficient (Wildman–Crippen LogP) is 2.79. The number of carboxylic acid groups (broad SMARTS) is 1. The van der Waals surface area contributed by atoms with Crippen molar-refractivity contribution in [3.05, 3.63) is 35.4 Å². The number of benzene rings is 1. The van der Waals surface area contributed by atoms with E-state index in [0.29, 0.717) is 18.6 Å². The molecule has 5 heteroatoms. The van der Waals surface area contributed by atoms with Crippen molar-refractivity contribution in [1.82, 2.24) is 0 Å². The highest BCUT2D eigenvalue weighted by atomic mass is 19.3. The molecule has 0 bridgehead atoms. The Morgan fingerprint density at radius 2 is 2.00 bits per heavy atom. The molecule has 0 aromatic heterocycles. The van der Waals surface area contributed by atoms with Crippen molar-refractivity contribution in [2.24, 2.45) is 5.92 Å². The number of hydrogen-bond acceptors (Lipinski definition) is 2. The van der Waals surface area contributed by atoms with Crippen LogP contribution >= 0.6 is 0 Å². The van der Waals surface area contributed by atoms with E-state index in [2.05, 4.69) is 0 Å². The third-order valence-corrected chi connectivity index (χ3v) is 2.93. The van der Waals surface area contributed by atoms with Gasteiger partial charge in [0, 0.05) is 12.2 Å². The Morgan fingerprint density at radius 1 is 1.35 bits per heavy atom. The average molecular weight is 242 g/mol. The lowest BCUT2D eigenvalue weighted by Crippen LogP contribution is -2.17. The first-order valence-corrected chi connectivity index (χ1v) is 5.32. The quantitative estimate of drug-likeness (QED) is 0.886. The molecule has 0 aliphatic carbocycles. The van der Waals surface area contributed by atoms with E-state index in [-0.39, 0.29) is 5.56 Å². The number of alkyl halides is 2. The van der Waals surface area contributed by atoms with E-state index in [1.165, 1.54) is 24.3 Å². The summed E-state index contributed by atoms with van der Waals surface area (Å²) in [7, 11) is 0. The van der Waals surface area contributed by atoms with Gasteiger partial charge in [-0.05, 0) is 12.0 Å². The molecule has 1 aliphatic heterocycles. The van der Waals surface area contributed by atoms with Gasteiger partial charge in [0.1, 0.15) is 0 Å². The average Bonchev–Trinajstić information content (AvgIpc) is 2.78. The van der Waals surface area contributed by atoms with E-state index in [1.54, 1.807) is 0 Å². The maximum absolute atomic E-state index is 12.4. The smallest absolute Gasteiger partial charge is 0.309 e. The van der Waals surface area contributed by atoms with Gasteiger partial charge in [0.05, 0.1) is 12.0 Å². The largest absolute Gasteiger partial charge is 0.481 e. The molecule has 1 saturated heterocycles. The Hall–Kier alpha value is -1.49. The van der Waals surface area contributed by atoms with Gasteiger partial charge >= 0.3 is 5.97 Å². The summed E-state index contributed by atoms with van der Waals surface area (Å²) < 4.78 is 30.1. The van der Waals surface area contributed by atoms with Gasteiger partial charge in [-0.15, -0.1) is 0 Å². The highest BCUT2D eigenvalue weighted by Gasteiger charge is 2.35. The molecule has 0 saturated carbocycles. The minimum atomic E-state index is -2.51. The zero-order valence-electron chi connectivity index (χ0n) is 8.98. The van der Waals surface area contributed by atoms with Gasteiger partial charge in [0.15, 0.2) is 0 Å². The maximum Gasteiger partial charge on any atom is 0.309 e. The van der Waals surface area contributed by atoms with E-state index < -0.39 is 24.4 Å². The zero-order chi connectivity index (χ0) is 12.4. The zero-order valence-corrected chi connectivity index (χ0v) is 8.98. The fraction of sp³-hybridized carbons (Fsp3) is 0.417. The topological polar surface area (TPSA) is 46.5 Å². The van der Waals surface area contributed by atoms with Crippen LogP contribution in [0.5, 0.6) is 0 Å². The van der Waals surface area contributed by atoms with Crippen molar-refractivity contribution >= 4 is 5.97 Å². The number of ether oxygens (including phenoxy) is 1. The normalized spacial score (nSPS) is 24.2. The minimum Gasteiger partial charge on any atom is -0.481 e. The molecule has 1 N–H and O–H groups in total. The van der Waals surface area contributed by atoms with Crippen LogP contribution in [-0.4, -0.2) is 17.7 Å². The van der Waals surface area contributed by atoms with Crippen LogP contribution in [-0.2, 0) is 9.53 Å². The van der Waals surface area contributed by atoms with Crippen molar-refractivity contribution < 1.29 is 23.4 Å². The summed E-state index contributed by atoms with van der Waals surface area (Å²) in [5.41, 5.74) is 0.568. The number of carboxylic acids is 1. The van der Waals surface area contributed by atoms with Crippen molar-refractivity contribution in [2.45, 2.75) is 19.0 Å². The van der Waals surface area contributed by atoms with Gasteiger partial charge in [-0.25, -0.2) is 8.78 Å². The van der Waals surface area contributed by atoms with Gasteiger partial charge in [-0.2, -0.15) is 0 Å². The Bertz CT molecular complexity index is 403. The van der Waals surface area contributed by atoms with Crippen molar-refractivity contribution in [3.63, 3.8) is 0 Å². The van der Waals surface area contributed by atoms with E-state index in [1.807, 2.05) is 0 Å². The first-order chi connectivity index (χ1) is 8.09. The Labute approximate surface area is 97.0 Å². The molecule has 2 rings (SSSR count). The van der Waals surface area contributed by atoms with Gasteiger partial charge in [-0.3, -0.25) is 4.79 Å². The molecule has 1 heterocycles.